The Hall–Kier alpha value is -1.88. The predicted molar refractivity (Wildman–Crippen MR) is 75.1 cm³/mol. The van der Waals surface area contributed by atoms with E-state index in [4.69, 9.17) is 5.73 Å². The smallest absolute Gasteiger partial charge is 0.326 e. The lowest BCUT2D eigenvalue weighted by atomic mass is 9.99. The van der Waals surface area contributed by atoms with Crippen molar-refractivity contribution in [2.45, 2.75) is 37.8 Å². The van der Waals surface area contributed by atoms with Crippen molar-refractivity contribution in [1.29, 1.82) is 0 Å². The van der Waals surface area contributed by atoms with E-state index in [1.807, 2.05) is 30.3 Å². The number of amides is 1. The van der Waals surface area contributed by atoms with E-state index in [-0.39, 0.29) is 5.91 Å². The van der Waals surface area contributed by atoms with Crippen molar-refractivity contribution in [2.75, 3.05) is 6.54 Å². The summed E-state index contributed by atoms with van der Waals surface area (Å²) in [7, 11) is 0. The maximum atomic E-state index is 12.4. The number of carboxylic acids is 1. The number of aliphatic carboxylic acids is 1. The summed E-state index contributed by atoms with van der Waals surface area (Å²) in [5.74, 6) is -1.20. The summed E-state index contributed by atoms with van der Waals surface area (Å²) in [6, 6.07) is 8.12. The summed E-state index contributed by atoms with van der Waals surface area (Å²) in [5, 5.41) is 9.19. The Bertz CT molecular complexity index is 475. The minimum absolute atomic E-state index is 0.263. The van der Waals surface area contributed by atoms with Crippen molar-refractivity contribution in [1.82, 2.24) is 4.90 Å². The lowest BCUT2D eigenvalue weighted by Crippen LogP contribution is -2.54. The maximum absolute atomic E-state index is 12.4. The van der Waals surface area contributed by atoms with E-state index in [2.05, 4.69) is 0 Å². The average Bonchev–Trinajstić information content (AvgIpc) is 2.47. The Labute approximate surface area is 118 Å². The second-order valence-corrected chi connectivity index (χ2v) is 5.18. The van der Waals surface area contributed by atoms with Crippen molar-refractivity contribution in [3.05, 3.63) is 35.9 Å². The van der Waals surface area contributed by atoms with Gasteiger partial charge in [-0.05, 0) is 31.2 Å². The molecule has 1 aliphatic rings. The minimum Gasteiger partial charge on any atom is -0.480 e. The number of carbonyl (C=O) groups is 2. The second kappa shape index (κ2) is 6.52. The van der Waals surface area contributed by atoms with Crippen LogP contribution >= 0.6 is 0 Å². The summed E-state index contributed by atoms with van der Waals surface area (Å²) in [5.41, 5.74) is 6.94. The fourth-order valence-electron chi connectivity index (χ4n) is 2.62. The van der Waals surface area contributed by atoms with E-state index in [0.717, 1.165) is 18.4 Å². The van der Waals surface area contributed by atoms with E-state index in [9.17, 15) is 14.7 Å². The predicted octanol–water partition coefficient (Wildman–Crippen LogP) is 1.02. The van der Waals surface area contributed by atoms with E-state index >= 15 is 0 Å². The Morgan fingerprint density at radius 3 is 2.65 bits per heavy atom. The maximum Gasteiger partial charge on any atom is 0.326 e. The zero-order valence-electron chi connectivity index (χ0n) is 11.4. The third-order valence-electron chi connectivity index (χ3n) is 3.69. The topological polar surface area (TPSA) is 83.6 Å². The molecule has 0 bridgehead atoms. The molecule has 108 valence electrons. The molecule has 3 N–H and O–H groups in total. The molecule has 1 amide bonds. The molecule has 5 heteroatoms. The number of carboxylic acid groups (broad SMARTS) is 1. The molecule has 2 atom stereocenters. The molecular formula is C15H20N2O3. The van der Waals surface area contributed by atoms with E-state index < -0.39 is 18.1 Å². The number of benzene rings is 1. The molecule has 1 heterocycles. The highest BCUT2D eigenvalue weighted by molar-refractivity contribution is 5.87. The standard InChI is InChI=1S/C15H20N2O3/c16-12(10-11-6-2-1-3-7-11)14(18)17-9-5-4-8-13(17)15(19)20/h1-3,6-7,12-13H,4-5,8-10,16H2,(H,19,20)/t12?,13-/m1/s1. The van der Waals surface area contributed by atoms with Crippen LogP contribution in [0.4, 0.5) is 0 Å². The first-order valence-electron chi connectivity index (χ1n) is 6.92. The molecule has 1 aromatic carbocycles. The minimum atomic E-state index is -0.940. The lowest BCUT2D eigenvalue weighted by molar-refractivity contribution is -0.152. The number of likely N-dealkylation sites (tertiary alicyclic amines) is 1. The van der Waals surface area contributed by atoms with Crippen molar-refractivity contribution >= 4 is 11.9 Å². The first kappa shape index (κ1) is 14.5. The van der Waals surface area contributed by atoms with Gasteiger partial charge in [0.25, 0.3) is 0 Å². The Kier molecular flexibility index (Phi) is 4.74. The van der Waals surface area contributed by atoms with Crippen LogP contribution in [0, 0.1) is 0 Å². The Morgan fingerprint density at radius 2 is 2.00 bits per heavy atom. The number of piperidine rings is 1. The van der Waals surface area contributed by atoms with Gasteiger partial charge in [-0.2, -0.15) is 0 Å². The number of nitrogens with two attached hydrogens (primary N) is 1. The summed E-state index contributed by atoms with van der Waals surface area (Å²) < 4.78 is 0. The highest BCUT2D eigenvalue weighted by atomic mass is 16.4. The van der Waals surface area contributed by atoms with E-state index in [1.165, 1.54) is 4.90 Å². The van der Waals surface area contributed by atoms with Crippen LogP contribution in [0.1, 0.15) is 24.8 Å². The van der Waals surface area contributed by atoms with Crippen molar-refractivity contribution in [3.8, 4) is 0 Å². The molecule has 0 saturated carbocycles. The number of carbonyl (C=O) groups excluding carboxylic acids is 1. The van der Waals surface area contributed by atoms with Crippen molar-refractivity contribution < 1.29 is 14.7 Å². The quantitative estimate of drug-likeness (QED) is 0.860. The summed E-state index contributed by atoms with van der Waals surface area (Å²) in [4.78, 5) is 25.0. The van der Waals surface area contributed by atoms with Crippen LogP contribution in [0.2, 0.25) is 0 Å². The van der Waals surface area contributed by atoms with Gasteiger partial charge >= 0.3 is 5.97 Å². The van der Waals surface area contributed by atoms with Crippen LogP contribution in [-0.4, -0.2) is 40.5 Å². The number of nitrogens with zero attached hydrogens (tertiary/aromatic N) is 1. The molecule has 1 saturated heterocycles. The Morgan fingerprint density at radius 1 is 1.30 bits per heavy atom. The molecule has 1 aliphatic heterocycles. The largest absolute Gasteiger partial charge is 0.480 e. The van der Waals surface area contributed by atoms with E-state index in [0.29, 0.717) is 19.4 Å². The van der Waals surface area contributed by atoms with Crippen LogP contribution in [0.15, 0.2) is 30.3 Å². The fourth-order valence-corrected chi connectivity index (χ4v) is 2.62. The van der Waals surface area contributed by atoms with Gasteiger partial charge < -0.3 is 15.7 Å². The van der Waals surface area contributed by atoms with Crippen LogP contribution in [0.5, 0.6) is 0 Å². The van der Waals surface area contributed by atoms with Gasteiger partial charge in [-0.15, -0.1) is 0 Å². The second-order valence-electron chi connectivity index (χ2n) is 5.18. The number of hydrogen-bond donors (Lipinski definition) is 2. The first-order chi connectivity index (χ1) is 9.59. The van der Waals surface area contributed by atoms with E-state index in [1.54, 1.807) is 0 Å². The molecule has 1 fully saturated rings. The summed E-state index contributed by atoms with van der Waals surface area (Å²) in [6.07, 6.45) is 2.63. The van der Waals surface area contributed by atoms with Crippen LogP contribution in [-0.2, 0) is 16.0 Å². The highest BCUT2D eigenvalue weighted by Crippen LogP contribution is 2.18. The first-order valence-corrected chi connectivity index (χ1v) is 6.92. The zero-order valence-corrected chi connectivity index (χ0v) is 11.4. The monoisotopic (exact) mass is 276 g/mol. The normalized spacial score (nSPS) is 20.4. The van der Waals surface area contributed by atoms with Crippen molar-refractivity contribution in [3.63, 3.8) is 0 Å². The van der Waals surface area contributed by atoms with Crippen LogP contribution < -0.4 is 5.73 Å². The van der Waals surface area contributed by atoms with Gasteiger partial charge in [-0.25, -0.2) is 4.79 Å². The van der Waals surface area contributed by atoms with Gasteiger partial charge in [0, 0.05) is 6.54 Å². The molecule has 0 aromatic heterocycles. The van der Waals surface area contributed by atoms with Crippen LogP contribution in [0.25, 0.3) is 0 Å². The SMILES string of the molecule is NC(Cc1ccccc1)C(=O)N1CCCC[C@@H]1C(=O)O. The number of hydrogen-bond acceptors (Lipinski definition) is 3. The van der Waals surface area contributed by atoms with Gasteiger partial charge in [-0.1, -0.05) is 30.3 Å². The molecule has 0 spiro atoms. The van der Waals surface area contributed by atoms with Crippen molar-refractivity contribution in [2.24, 2.45) is 5.73 Å². The lowest BCUT2D eigenvalue weighted by Gasteiger charge is -2.34. The number of rotatable bonds is 4. The van der Waals surface area contributed by atoms with Gasteiger partial charge in [0.05, 0.1) is 6.04 Å². The molecule has 2 rings (SSSR count). The highest BCUT2D eigenvalue weighted by Gasteiger charge is 2.34. The van der Waals surface area contributed by atoms with Gasteiger partial charge in [-0.3, -0.25) is 4.79 Å². The summed E-state index contributed by atoms with van der Waals surface area (Å²) in [6.45, 7) is 0.484. The van der Waals surface area contributed by atoms with Gasteiger partial charge in [0.1, 0.15) is 6.04 Å². The Balaban J connectivity index is 2.03. The third-order valence-corrected chi connectivity index (χ3v) is 3.69. The summed E-state index contributed by atoms with van der Waals surface area (Å²) >= 11 is 0. The average molecular weight is 276 g/mol. The molecule has 1 unspecified atom stereocenters. The molecule has 0 radical (unpaired) electrons. The fraction of sp³-hybridized carbons (Fsp3) is 0.467. The van der Waals surface area contributed by atoms with Gasteiger partial charge in [0.15, 0.2) is 0 Å². The van der Waals surface area contributed by atoms with Gasteiger partial charge in [0.2, 0.25) is 5.91 Å². The molecular weight excluding hydrogens is 256 g/mol. The zero-order chi connectivity index (χ0) is 14.5. The molecule has 20 heavy (non-hydrogen) atoms. The molecule has 0 aliphatic carbocycles. The van der Waals surface area contributed by atoms with Crippen LogP contribution in [0.3, 0.4) is 0 Å². The molecule has 5 nitrogen and oxygen atoms in total. The third kappa shape index (κ3) is 3.36. The molecule has 1 aromatic rings.